The van der Waals surface area contributed by atoms with E-state index in [0.29, 0.717) is 23.7 Å². The van der Waals surface area contributed by atoms with Gasteiger partial charge in [-0.1, -0.05) is 12.2 Å². The van der Waals surface area contributed by atoms with E-state index in [-0.39, 0.29) is 24.5 Å². The van der Waals surface area contributed by atoms with Crippen LogP contribution in [0.2, 0.25) is 0 Å². The summed E-state index contributed by atoms with van der Waals surface area (Å²) in [6.07, 6.45) is 11.2. The van der Waals surface area contributed by atoms with E-state index in [0.717, 1.165) is 83.5 Å². The lowest BCUT2D eigenvalue weighted by molar-refractivity contribution is -0.0445. The highest BCUT2D eigenvalue weighted by atomic mass is 35.5. The highest BCUT2D eigenvalue weighted by Crippen LogP contribution is 2.43. The van der Waals surface area contributed by atoms with Crippen molar-refractivity contribution in [3.05, 3.63) is 97.4 Å². The van der Waals surface area contributed by atoms with Gasteiger partial charge in [-0.15, -0.1) is 25.6 Å². The summed E-state index contributed by atoms with van der Waals surface area (Å²) < 4.78 is 10.7. The van der Waals surface area contributed by atoms with Gasteiger partial charge >= 0.3 is 0 Å². The van der Waals surface area contributed by atoms with Crippen LogP contribution in [0.1, 0.15) is 49.0 Å². The zero-order valence-corrected chi connectivity index (χ0v) is 29.3. The number of fused-ring (bicyclic) bond motifs is 8. The van der Waals surface area contributed by atoms with Gasteiger partial charge in [0.05, 0.1) is 37.5 Å². The Hall–Kier alpha value is -3.53. The fourth-order valence-corrected chi connectivity index (χ4v) is 8.89. The van der Waals surface area contributed by atoms with Crippen molar-refractivity contribution in [2.24, 2.45) is 23.7 Å². The number of pyridine rings is 2. The number of aliphatic hydroxyl groups excluding tert-OH is 2. The molecule has 8 nitrogen and oxygen atoms in total. The second kappa shape index (κ2) is 15.2. The van der Waals surface area contributed by atoms with Gasteiger partial charge < -0.3 is 19.7 Å². The summed E-state index contributed by atoms with van der Waals surface area (Å²) in [5.74, 6) is 4.01. The summed E-state index contributed by atoms with van der Waals surface area (Å²) in [4.78, 5) is 13.7. The van der Waals surface area contributed by atoms with Gasteiger partial charge in [0.25, 0.3) is 0 Å². The first-order valence-corrected chi connectivity index (χ1v) is 17.4. The summed E-state index contributed by atoms with van der Waals surface area (Å²) in [7, 11) is 3.32. The number of aromatic nitrogens is 2. The molecule has 2 aromatic heterocycles. The van der Waals surface area contributed by atoms with Crippen molar-refractivity contribution < 1.29 is 19.7 Å². The number of hydrogen-bond acceptors (Lipinski definition) is 8. The summed E-state index contributed by atoms with van der Waals surface area (Å²) in [6.45, 7) is 12.1. The van der Waals surface area contributed by atoms with E-state index in [2.05, 4.69) is 45.1 Å². The summed E-state index contributed by atoms with van der Waals surface area (Å²) >= 11 is 0. The first kappa shape index (κ1) is 35.3. The maximum Gasteiger partial charge on any atom is 0.119 e. The van der Waals surface area contributed by atoms with Gasteiger partial charge in [-0.2, -0.15) is 0 Å². The summed E-state index contributed by atoms with van der Waals surface area (Å²) in [5, 5.41) is 24.3. The SMILES string of the molecule is C=C[C@H]1CN2CC[C@H]1C[C@H]2[C@H](O)c1ccnc2ccc(OC)cc12.C=C[C@H]1CN2CC[C@H]1C[C@H]2[C@H](O)c1ccnc2ccc(OC)cc12.Cl. The molecule has 10 rings (SSSR count). The molecule has 0 amide bonds. The van der Waals surface area contributed by atoms with E-state index in [1.54, 1.807) is 26.6 Å². The number of aliphatic hydroxyl groups is 2. The van der Waals surface area contributed by atoms with Crippen molar-refractivity contribution in [2.45, 2.75) is 50.0 Å². The van der Waals surface area contributed by atoms with E-state index < -0.39 is 12.2 Å². The lowest BCUT2D eigenvalue weighted by atomic mass is 9.73. The molecule has 10 atom stereocenters. The molecule has 2 aromatic carbocycles. The standard InChI is InChI=1S/2C20H24N2O2.ClH/c2*1-3-13-12-22-9-7-14(13)10-19(22)20(23)16-6-8-21-18-5-4-15(24-2)11-17(16)18;/h2*3-6,8,11,13-14,19-20,23H,1,7,9-10,12H2,2H3;1H/t2*13-,14-,19-,20+;/m00./s1. The average Bonchev–Trinajstić information content (AvgIpc) is 3.16. The number of nitrogens with zero attached hydrogens (tertiary/aromatic N) is 4. The van der Waals surface area contributed by atoms with E-state index >= 15 is 0 Å². The van der Waals surface area contributed by atoms with Crippen LogP contribution in [0.3, 0.4) is 0 Å². The van der Waals surface area contributed by atoms with Crippen LogP contribution < -0.4 is 9.47 Å². The third-order valence-electron chi connectivity index (χ3n) is 11.6. The van der Waals surface area contributed by atoms with Crippen LogP contribution in [-0.2, 0) is 0 Å². The van der Waals surface area contributed by atoms with Crippen LogP contribution in [-0.4, -0.2) is 82.5 Å². The Morgan fingerprint density at radius 2 is 1.14 bits per heavy atom. The van der Waals surface area contributed by atoms with Crippen molar-refractivity contribution in [2.75, 3.05) is 40.4 Å². The van der Waals surface area contributed by atoms with Crippen LogP contribution in [0.4, 0.5) is 0 Å². The molecular weight excluding hydrogens is 636 g/mol. The number of hydrogen-bond donors (Lipinski definition) is 2. The molecule has 6 aliphatic rings. The fourth-order valence-electron chi connectivity index (χ4n) is 8.89. The van der Waals surface area contributed by atoms with Gasteiger partial charge in [-0.05, 0) is 122 Å². The van der Waals surface area contributed by atoms with Gasteiger partial charge in [-0.25, -0.2) is 0 Å². The van der Waals surface area contributed by atoms with Gasteiger partial charge in [0, 0.05) is 48.3 Å². The number of ether oxygens (including phenoxy) is 2. The van der Waals surface area contributed by atoms with Crippen LogP contribution in [0, 0.1) is 23.7 Å². The zero-order valence-electron chi connectivity index (χ0n) is 28.5. The molecule has 0 radical (unpaired) electrons. The minimum absolute atomic E-state index is 0. The van der Waals surface area contributed by atoms with Crippen molar-refractivity contribution in [1.29, 1.82) is 0 Å². The Labute approximate surface area is 295 Å². The Bertz CT molecular complexity index is 1660. The van der Waals surface area contributed by atoms with Crippen molar-refractivity contribution in [1.82, 2.24) is 19.8 Å². The van der Waals surface area contributed by atoms with Gasteiger partial charge in [0.15, 0.2) is 0 Å². The largest absolute Gasteiger partial charge is 0.497 e. The molecule has 6 saturated heterocycles. The third kappa shape index (κ3) is 6.82. The summed E-state index contributed by atoms with van der Waals surface area (Å²) in [5.41, 5.74) is 3.69. The monoisotopic (exact) mass is 684 g/mol. The van der Waals surface area contributed by atoms with Gasteiger partial charge in [0.2, 0.25) is 0 Å². The topological polar surface area (TPSA) is 91.2 Å². The Kier molecular flexibility index (Phi) is 10.9. The minimum atomic E-state index is -0.504. The molecule has 0 spiro atoms. The first-order valence-electron chi connectivity index (χ1n) is 17.4. The highest BCUT2D eigenvalue weighted by Gasteiger charge is 2.43. The van der Waals surface area contributed by atoms with Gasteiger partial charge in [-0.3, -0.25) is 19.8 Å². The molecule has 6 aliphatic heterocycles. The Balaban J connectivity index is 0.000000167. The molecule has 8 heterocycles. The van der Waals surface area contributed by atoms with E-state index in [1.807, 2.05) is 48.5 Å². The second-order valence-corrected chi connectivity index (χ2v) is 13.9. The smallest absolute Gasteiger partial charge is 0.119 e. The fraction of sp³-hybridized carbons (Fsp3) is 0.450. The van der Waals surface area contributed by atoms with Crippen LogP contribution in [0.25, 0.3) is 21.8 Å². The Morgan fingerprint density at radius 3 is 1.49 bits per heavy atom. The maximum absolute atomic E-state index is 11.2. The number of rotatable bonds is 8. The predicted octanol–water partition coefficient (Wildman–Crippen LogP) is 6.77. The third-order valence-corrected chi connectivity index (χ3v) is 11.6. The van der Waals surface area contributed by atoms with Crippen molar-refractivity contribution >= 4 is 34.2 Å². The normalized spacial score (nSPS) is 29.6. The Morgan fingerprint density at radius 1 is 0.714 bits per heavy atom. The molecule has 260 valence electrons. The van der Waals surface area contributed by atoms with Crippen molar-refractivity contribution in [3.63, 3.8) is 0 Å². The molecule has 2 N–H and O–H groups in total. The van der Waals surface area contributed by atoms with Crippen molar-refractivity contribution in [3.8, 4) is 11.5 Å². The maximum atomic E-state index is 11.2. The molecule has 2 unspecified atom stereocenters. The summed E-state index contributed by atoms with van der Waals surface area (Å²) in [6, 6.07) is 15.9. The molecule has 49 heavy (non-hydrogen) atoms. The molecule has 4 bridgehead atoms. The number of piperidine rings is 6. The second-order valence-electron chi connectivity index (χ2n) is 13.9. The molecule has 0 saturated carbocycles. The van der Waals surface area contributed by atoms with Crippen LogP contribution in [0.15, 0.2) is 86.2 Å². The average molecular weight is 685 g/mol. The number of benzene rings is 2. The number of halogens is 1. The molecule has 4 aromatic rings. The lowest BCUT2D eigenvalue weighted by Gasteiger charge is -2.50. The minimum Gasteiger partial charge on any atom is -0.497 e. The van der Waals surface area contributed by atoms with E-state index in [9.17, 15) is 10.2 Å². The van der Waals surface area contributed by atoms with Crippen LogP contribution in [0.5, 0.6) is 11.5 Å². The number of methoxy groups -OCH3 is 2. The molecular formula is C40H49ClN4O4. The predicted molar refractivity (Wildman–Crippen MR) is 197 cm³/mol. The highest BCUT2D eigenvalue weighted by molar-refractivity contribution is 5.85. The first-order chi connectivity index (χ1) is 23.4. The van der Waals surface area contributed by atoms with E-state index in [4.69, 9.17) is 9.47 Å². The van der Waals surface area contributed by atoms with Crippen LogP contribution >= 0.6 is 12.4 Å². The quantitative estimate of drug-likeness (QED) is 0.197. The van der Waals surface area contributed by atoms with Gasteiger partial charge in [0.1, 0.15) is 11.5 Å². The van der Waals surface area contributed by atoms with E-state index in [1.165, 1.54) is 12.8 Å². The molecule has 6 fully saturated rings. The molecule has 0 aliphatic carbocycles. The zero-order chi connectivity index (χ0) is 33.4. The lowest BCUT2D eigenvalue weighted by Crippen LogP contribution is -2.54. The molecule has 9 heteroatoms.